The smallest absolute Gasteiger partial charge is 0.161 e. The van der Waals surface area contributed by atoms with Gasteiger partial charge in [0.15, 0.2) is 5.78 Å². The summed E-state index contributed by atoms with van der Waals surface area (Å²) < 4.78 is 0. The lowest BCUT2D eigenvalue weighted by Crippen LogP contribution is -2.24. The van der Waals surface area contributed by atoms with Crippen LogP contribution >= 0.6 is 0 Å². The van der Waals surface area contributed by atoms with Gasteiger partial charge in [-0.2, -0.15) is 0 Å². The highest BCUT2D eigenvalue weighted by atomic mass is 16.1. The Kier molecular flexibility index (Phi) is 4.06. The average Bonchev–Trinajstić information content (AvgIpc) is 3.12. The number of carbonyl (C=O) groups is 1. The summed E-state index contributed by atoms with van der Waals surface area (Å²) in [6.45, 7) is 6.64. The van der Waals surface area contributed by atoms with E-state index in [0.717, 1.165) is 36.2 Å². The molecule has 1 heteroatoms. The number of carbonyl (C=O) groups excluding carboxylic acids is 1. The molecule has 0 atom stereocenters. The summed E-state index contributed by atoms with van der Waals surface area (Å²) in [4.78, 5) is 12.3. The van der Waals surface area contributed by atoms with Crippen molar-refractivity contribution < 1.29 is 4.79 Å². The Morgan fingerprint density at radius 1 is 1.06 bits per heavy atom. The van der Waals surface area contributed by atoms with Gasteiger partial charge < -0.3 is 0 Å². The van der Waals surface area contributed by atoms with Gasteiger partial charge in [-0.15, -0.1) is 0 Å². The van der Waals surface area contributed by atoms with Crippen molar-refractivity contribution >= 4 is 5.78 Å². The number of ketones is 1. The second-order valence-corrected chi connectivity index (χ2v) is 6.41. The average molecular weight is 234 g/mol. The second-order valence-electron chi connectivity index (χ2n) is 6.41. The quantitative estimate of drug-likeness (QED) is 0.660. The third-order valence-corrected chi connectivity index (χ3v) is 4.58. The lowest BCUT2D eigenvalue weighted by molar-refractivity contribution is -0.120. The molecule has 0 aromatic rings. The van der Waals surface area contributed by atoms with E-state index in [2.05, 4.69) is 19.9 Å². The molecule has 2 fully saturated rings. The Bertz CT molecular complexity index is 301. The van der Waals surface area contributed by atoms with E-state index in [9.17, 15) is 4.79 Å². The summed E-state index contributed by atoms with van der Waals surface area (Å²) in [6, 6.07) is 0. The molecule has 0 amide bonds. The lowest BCUT2D eigenvalue weighted by Gasteiger charge is -2.30. The summed E-state index contributed by atoms with van der Waals surface area (Å²) in [5.74, 6) is 3.14. The lowest BCUT2D eigenvalue weighted by atomic mass is 9.75. The monoisotopic (exact) mass is 234 g/mol. The van der Waals surface area contributed by atoms with Crippen LogP contribution in [0.5, 0.6) is 0 Å². The first-order valence-corrected chi connectivity index (χ1v) is 7.30. The fourth-order valence-electron chi connectivity index (χ4n) is 3.07. The summed E-state index contributed by atoms with van der Waals surface area (Å²) in [5.41, 5.74) is 1.04. The van der Waals surface area contributed by atoms with Gasteiger partial charge in [-0.3, -0.25) is 4.79 Å². The Morgan fingerprint density at radius 2 is 1.65 bits per heavy atom. The topological polar surface area (TPSA) is 17.1 Å². The molecule has 0 aromatic carbocycles. The maximum atomic E-state index is 12.3. The highest BCUT2D eigenvalue weighted by molar-refractivity contribution is 5.96. The van der Waals surface area contributed by atoms with E-state index in [0.29, 0.717) is 11.7 Å². The fourth-order valence-corrected chi connectivity index (χ4v) is 3.07. The van der Waals surface area contributed by atoms with Crippen LogP contribution in [0.15, 0.2) is 11.6 Å². The zero-order valence-electron chi connectivity index (χ0n) is 11.5. The van der Waals surface area contributed by atoms with Crippen molar-refractivity contribution in [1.82, 2.24) is 0 Å². The predicted molar refractivity (Wildman–Crippen MR) is 71.8 cm³/mol. The van der Waals surface area contributed by atoms with E-state index >= 15 is 0 Å². The first-order chi connectivity index (χ1) is 8.08. The molecule has 0 N–H and O–H groups in total. The minimum atomic E-state index is 0.333. The molecule has 0 aliphatic heterocycles. The van der Waals surface area contributed by atoms with Gasteiger partial charge >= 0.3 is 0 Å². The molecule has 0 radical (unpaired) electrons. The standard InChI is InChI=1S/C16H26O/c1-11(2)14-6-8-15(9-7-14)16(17)12(3)10-13-4-5-13/h10-11,13-15H,4-9H2,1-3H3/b12-10-. The molecule has 2 saturated carbocycles. The predicted octanol–water partition coefficient (Wildman–Crippen LogP) is 4.37. The van der Waals surface area contributed by atoms with Crippen LogP contribution in [0.2, 0.25) is 0 Å². The van der Waals surface area contributed by atoms with Crippen LogP contribution < -0.4 is 0 Å². The molecule has 0 bridgehead atoms. The third-order valence-electron chi connectivity index (χ3n) is 4.58. The zero-order valence-corrected chi connectivity index (χ0v) is 11.5. The van der Waals surface area contributed by atoms with Crippen LogP contribution in [-0.2, 0) is 4.79 Å². The van der Waals surface area contributed by atoms with Crippen LogP contribution in [0.1, 0.15) is 59.3 Å². The molecule has 0 heterocycles. The summed E-state index contributed by atoms with van der Waals surface area (Å²) in [7, 11) is 0. The maximum Gasteiger partial charge on any atom is 0.161 e. The van der Waals surface area contributed by atoms with E-state index in [-0.39, 0.29) is 0 Å². The van der Waals surface area contributed by atoms with E-state index < -0.39 is 0 Å². The van der Waals surface area contributed by atoms with Crippen LogP contribution in [0.25, 0.3) is 0 Å². The van der Waals surface area contributed by atoms with Crippen molar-refractivity contribution in [3.8, 4) is 0 Å². The van der Waals surface area contributed by atoms with Crippen molar-refractivity contribution in [3.05, 3.63) is 11.6 Å². The summed E-state index contributed by atoms with van der Waals surface area (Å²) in [5, 5.41) is 0. The Morgan fingerprint density at radius 3 is 2.12 bits per heavy atom. The van der Waals surface area contributed by atoms with Crippen LogP contribution in [0.3, 0.4) is 0 Å². The number of allylic oxidation sites excluding steroid dienone is 2. The minimum Gasteiger partial charge on any atom is -0.294 e. The van der Waals surface area contributed by atoms with Crippen molar-refractivity contribution in [2.24, 2.45) is 23.7 Å². The normalized spacial score (nSPS) is 30.7. The largest absolute Gasteiger partial charge is 0.294 e. The fraction of sp³-hybridized carbons (Fsp3) is 0.812. The van der Waals surface area contributed by atoms with Gasteiger partial charge in [0.1, 0.15) is 0 Å². The zero-order chi connectivity index (χ0) is 12.4. The van der Waals surface area contributed by atoms with E-state index in [1.807, 2.05) is 6.92 Å². The van der Waals surface area contributed by atoms with Crippen LogP contribution in [0.4, 0.5) is 0 Å². The maximum absolute atomic E-state index is 12.3. The van der Waals surface area contributed by atoms with Gasteiger partial charge in [-0.05, 0) is 68.8 Å². The number of hydrogen-bond acceptors (Lipinski definition) is 1. The highest BCUT2D eigenvalue weighted by Crippen LogP contribution is 2.36. The van der Waals surface area contributed by atoms with Gasteiger partial charge in [0.05, 0.1) is 0 Å². The molecule has 0 aromatic heterocycles. The Hall–Kier alpha value is -0.590. The summed E-state index contributed by atoms with van der Waals surface area (Å²) >= 11 is 0. The molecule has 96 valence electrons. The molecule has 2 aliphatic rings. The molecular weight excluding hydrogens is 208 g/mol. The first kappa shape index (κ1) is 12.9. The molecule has 17 heavy (non-hydrogen) atoms. The minimum absolute atomic E-state index is 0.333. The molecule has 1 nitrogen and oxygen atoms in total. The number of Topliss-reactive ketones (excluding diaryl/α,β-unsaturated/α-hetero) is 1. The SMILES string of the molecule is C/C(=C/C1CC1)C(=O)C1CCC(C(C)C)CC1. The summed E-state index contributed by atoms with van der Waals surface area (Å²) in [6.07, 6.45) is 9.57. The van der Waals surface area contributed by atoms with Crippen molar-refractivity contribution in [2.45, 2.75) is 59.3 Å². The third kappa shape index (κ3) is 3.43. The Labute approximate surface area is 106 Å². The second kappa shape index (κ2) is 5.37. The molecular formula is C16H26O. The Balaban J connectivity index is 1.85. The van der Waals surface area contributed by atoms with E-state index in [1.54, 1.807) is 0 Å². The number of hydrogen-bond donors (Lipinski definition) is 0. The van der Waals surface area contributed by atoms with Crippen molar-refractivity contribution in [1.29, 1.82) is 0 Å². The molecule has 0 saturated heterocycles. The van der Waals surface area contributed by atoms with Gasteiger partial charge in [0, 0.05) is 5.92 Å². The number of rotatable bonds is 4. The molecule has 2 aliphatic carbocycles. The van der Waals surface area contributed by atoms with Crippen molar-refractivity contribution in [2.75, 3.05) is 0 Å². The molecule has 0 unspecified atom stereocenters. The molecule has 0 spiro atoms. The van der Waals surface area contributed by atoms with Gasteiger partial charge in [0.25, 0.3) is 0 Å². The first-order valence-electron chi connectivity index (χ1n) is 7.30. The van der Waals surface area contributed by atoms with Gasteiger partial charge in [-0.1, -0.05) is 19.9 Å². The van der Waals surface area contributed by atoms with Crippen LogP contribution in [0, 0.1) is 23.7 Å². The molecule has 2 rings (SSSR count). The van der Waals surface area contributed by atoms with E-state index in [4.69, 9.17) is 0 Å². The van der Waals surface area contributed by atoms with E-state index in [1.165, 1.54) is 25.7 Å². The van der Waals surface area contributed by atoms with Crippen molar-refractivity contribution in [3.63, 3.8) is 0 Å². The highest BCUT2D eigenvalue weighted by Gasteiger charge is 2.29. The van der Waals surface area contributed by atoms with Crippen LogP contribution in [-0.4, -0.2) is 5.78 Å². The van der Waals surface area contributed by atoms with Gasteiger partial charge in [0.2, 0.25) is 0 Å². The van der Waals surface area contributed by atoms with Gasteiger partial charge in [-0.25, -0.2) is 0 Å².